The number of hydrogen-bond acceptors (Lipinski definition) is 5. The number of amides is 1. The summed E-state index contributed by atoms with van der Waals surface area (Å²) in [5, 5.41) is 9.04. The van der Waals surface area contributed by atoms with E-state index in [2.05, 4.69) is 36.3 Å². The van der Waals surface area contributed by atoms with Gasteiger partial charge >= 0.3 is 5.97 Å². The van der Waals surface area contributed by atoms with Crippen molar-refractivity contribution in [2.75, 3.05) is 39.3 Å². The van der Waals surface area contributed by atoms with Gasteiger partial charge in [0.15, 0.2) is 6.61 Å². The zero-order valence-corrected chi connectivity index (χ0v) is 21.9. The molecule has 0 radical (unpaired) electrons. The van der Waals surface area contributed by atoms with Crippen molar-refractivity contribution in [2.45, 2.75) is 45.8 Å². The van der Waals surface area contributed by atoms with Crippen molar-refractivity contribution < 1.29 is 19.4 Å². The highest BCUT2D eigenvalue weighted by Crippen LogP contribution is 2.35. The third kappa shape index (κ3) is 6.53. The number of carboxylic acid groups (broad SMARTS) is 1. The zero-order chi connectivity index (χ0) is 26.2. The van der Waals surface area contributed by atoms with Gasteiger partial charge in [-0.15, -0.1) is 6.58 Å². The van der Waals surface area contributed by atoms with E-state index in [1.54, 1.807) is 6.07 Å². The van der Waals surface area contributed by atoms with Crippen LogP contribution in [-0.4, -0.2) is 83.1 Å². The lowest BCUT2D eigenvalue weighted by Crippen LogP contribution is -2.57. The molecule has 0 aromatic heterocycles. The van der Waals surface area contributed by atoms with Crippen LogP contribution in [0.4, 0.5) is 0 Å². The number of carbonyl (C=O) groups is 2. The maximum Gasteiger partial charge on any atom is 0.341 e. The van der Waals surface area contributed by atoms with Gasteiger partial charge in [-0.1, -0.05) is 30.3 Å². The minimum atomic E-state index is -1.01. The molecular formula is C29H39N3O4. The van der Waals surface area contributed by atoms with Crippen LogP contribution in [-0.2, 0) is 4.79 Å². The molecular weight excluding hydrogens is 454 g/mol. The number of rotatable bonds is 11. The molecule has 1 aliphatic rings. The van der Waals surface area contributed by atoms with E-state index < -0.39 is 5.97 Å². The van der Waals surface area contributed by atoms with Crippen LogP contribution in [0.2, 0.25) is 0 Å². The van der Waals surface area contributed by atoms with Gasteiger partial charge in [0.2, 0.25) is 0 Å². The molecule has 0 saturated carbocycles. The highest BCUT2D eigenvalue weighted by molar-refractivity contribution is 5.94. The molecule has 194 valence electrons. The molecule has 3 rings (SSSR count). The van der Waals surface area contributed by atoms with Crippen LogP contribution in [0.1, 0.15) is 55.2 Å². The number of hydrogen-bond donors (Lipinski definition) is 1. The summed E-state index contributed by atoms with van der Waals surface area (Å²) in [4.78, 5) is 30.6. The number of aliphatic carboxylic acids is 1. The van der Waals surface area contributed by atoms with Gasteiger partial charge in [-0.2, -0.15) is 0 Å². The van der Waals surface area contributed by atoms with Crippen LogP contribution < -0.4 is 4.74 Å². The Balaban J connectivity index is 1.98. The van der Waals surface area contributed by atoms with E-state index in [4.69, 9.17) is 9.84 Å². The van der Waals surface area contributed by atoms with Gasteiger partial charge in [0.1, 0.15) is 5.75 Å². The summed E-state index contributed by atoms with van der Waals surface area (Å²) < 4.78 is 5.49. The van der Waals surface area contributed by atoms with Crippen molar-refractivity contribution in [1.29, 1.82) is 0 Å². The first kappa shape index (κ1) is 27.4. The van der Waals surface area contributed by atoms with Crippen molar-refractivity contribution >= 4 is 11.9 Å². The second kappa shape index (κ2) is 12.7. The standard InChI is InChI=1S/C29H39N3O4/c1-6-16-31-18-22(5)32(19-21(31)4)28(25-10-9-11-26(17-25)36-20-27(33)34)23-12-14-24(15-13-23)29(35)30(7-2)8-3/h6,9-15,17,21-22,28H,1,7-8,16,18-20H2,2-5H3,(H,33,34)/t21-,22+,28?/m1/s1. The van der Waals surface area contributed by atoms with Gasteiger partial charge in [0, 0.05) is 50.4 Å². The van der Waals surface area contributed by atoms with Gasteiger partial charge in [0.05, 0.1) is 6.04 Å². The summed E-state index contributed by atoms with van der Waals surface area (Å²) in [6.07, 6.45) is 1.95. The van der Waals surface area contributed by atoms with Crippen LogP contribution in [0.5, 0.6) is 5.75 Å². The Kier molecular flexibility index (Phi) is 9.67. The van der Waals surface area contributed by atoms with E-state index in [1.165, 1.54) is 0 Å². The molecule has 36 heavy (non-hydrogen) atoms. The first-order valence-electron chi connectivity index (χ1n) is 12.7. The van der Waals surface area contributed by atoms with Gasteiger partial charge in [-0.25, -0.2) is 4.79 Å². The van der Waals surface area contributed by atoms with Crippen molar-refractivity contribution in [3.05, 3.63) is 77.9 Å². The predicted molar refractivity (Wildman–Crippen MR) is 143 cm³/mol. The zero-order valence-electron chi connectivity index (χ0n) is 21.9. The lowest BCUT2D eigenvalue weighted by Gasteiger charge is -2.47. The molecule has 2 aromatic rings. The van der Waals surface area contributed by atoms with Gasteiger partial charge in [-0.05, 0) is 63.1 Å². The average Bonchev–Trinajstić information content (AvgIpc) is 2.87. The fourth-order valence-corrected chi connectivity index (χ4v) is 5.00. The predicted octanol–water partition coefficient (Wildman–Crippen LogP) is 4.30. The summed E-state index contributed by atoms with van der Waals surface area (Å²) >= 11 is 0. The van der Waals surface area contributed by atoms with E-state index >= 15 is 0 Å². The molecule has 0 bridgehead atoms. The Morgan fingerprint density at radius 3 is 2.39 bits per heavy atom. The fraction of sp³-hybridized carbons (Fsp3) is 0.448. The topological polar surface area (TPSA) is 73.3 Å². The first-order valence-corrected chi connectivity index (χ1v) is 12.7. The van der Waals surface area contributed by atoms with Crippen LogP contribution in [0.15, 0.2) is 61.2 Å². The third-order valence-corrected chi connectivity index (χ3v) is 6.92. The Bertz CT molecular complexity index is 1040. The number of benzene rings is 2. The van der Waals surface area contributed by atoms with E-state index in [-0.39, 0.29) is 24.6 Å². The lowest BCUT2D eigenvalue weighted by molar-refractivity contribution is -0.139. The highest BCUT2D eigenvalue weighted by Gasteiger charge is 2.34. The lowest BCUT2D eigenvalue weighted by atomic mass is 9.92. The van der Waals surface area contributed by atoms with Crippen LogP contribution in [0.25, 0.3) is 0 Å². The molecule has 3 atom stereocenters. The van der Waals surface area contributed by atoms with Crippen molar-refractivity contribution in [3.8, 4) is 5.75 Å². The minimum absolute atomic E-state index is 0.0344. The Labute approximate surface area is 215 Å². The molecule has 2 aromatic carbocycles. The van der Waals surface area contributed by atoms with E-state index in [1.807, 2.05) is 61.2 Å². The molecule has 1 N–H and O–H groups in total. The number of carbonyl (C=O) groups excluding carboxylic acids is 1. The van der Waals surface area contributed by atoms with Crippen LogP contribution >= 0.6 is 0 Å². The Morgan fingerprint density at radius 2 is 1.78 bits per heavy atom. The highest BCUT2D eigenvalue weighted by atomic mass is 16.5. The molecule has 1 saturated heterocycles. The van der Waals surface area contributed by atoms with E-state index in [0.717, 1.165) is 30.8 Å². The number of carboxylic acids is 1. The molecule has 1 unspecified atom stereocenters. The summed E-state index contributed by atoms with van der Waals surface area (Å²) in [5.41, 5.74) is 2.78. The third-order valence-electron chi connectivity index (χ3n) is 6.92. The molecule has 0 aliphatic carbocycles. The summed E-state index contributed by atoms with van der Waals surface area (Å²) in [7, 11) is 0. The molecule has 7 heteroatoms. The average molecular weight is 494 g/mol. The normalized spacial score (nSPS) is 19.4. The quantitative estimate of drug-likeness (QED) is 0.471. The molecule has 1 heterocycles. The molecule has 1 aliphatic heterocycles. The summed E-state index contributed by atoms with van der Waals surface area (Å²) in [5.74, 6) is -0.447. The number of ether oxygens (including phenoxy) is 1. The molecule has 1 fully saturated rings. The number of nitrogens with zero attached hydrogens (tertiary/aromatic N) is 3. The second-order valence-electron chi connectivity index (χ2n) is 9.39. The van der Waals surface area contributed by atoms with Gasteiger partial charge < -0.3 is 14.7 Å². The smallest absolute Gasteiger partial charge is 0.341 e. The molecule has 1 amide bonds. The molecule has 7 nitrogen and oxygen atoms in total. The van der Waals surface area contributed by atoms with Crippen molar-refractivity contribution in [3.63, 3.8) is 0 Å². The van der Waals surface area contributed by atoms with Gasteiger partial charge in [-0.3, -0.25) is 14.6 Å². The summed E-state index contributed by atoms with van der Waals surface area (Å²) in [6, 6.07) is 16.1. The summed E-state index contributed by atoms with van der Waals surface area (Å²) in [6.45, 7) is 15.9. The van der Waals surface area contributed by atoms with E-state index in [9.17, 15) is 9.59 Å². The Hall–Kier alpha value is -3.16. The SMILES string of the molecule is C=CCN1C[C@H](C)N(C(c2ccc(C(=O)N(CC)CC)cc2)c2cccc(OCC(=O)O)c2)C[C@H]1C. The maximum absolute atomic E-state index is 12.9. The number of piperazine rings is 1. The fourth-order valence-electron chi connectivity index (χ4n) is 5.00. The van der Waals surface area contributed by atoms with Crippen molar-refractivity contribution in [1.82, 2.24) is 14.7 Å². The van der Waals surface area contributed by atoms with E-state index in [0.29, 0.717) is 30.4 Å². The first-order chi connectivity index (χ1) is 17.3. The molecule has 0 spiro atoms. The monoisotopic (exact) mass is 493 g/mol. The van der Waals surface area contributed by atoms with Gasteiger partial charge in [0.25, 0.3) is 5.91 Å². The minimum Gasteiger partial charge on any atom is -0.482 e. The van der Waals surface area contributed by atoms with Crippen LogP contribution in [0.3, 0.4) is 0 Å². The second-order valence-corrected chi connectivity index (χ2v) is 9.39. The Morgan fingerprint density at radius 1 is 1.08 bits per heavy atom. The van der Waals surface area contributed by atoms with Crippen LogP contribution in [0, 0.1) is 0 Å². The maximum atomic E-state index is 12.9. The largest absolute Gasteiger partial charge is 0.482 e. The van der Waals surface area contributed by atoms with Crippen molar-refractivity contribution in [2.24, 2.45) is 0 Å².